The second kappa shape index (κ2) is 16.2. The molecule has 1 N–H and O–H groups in total. The lowest BCUT2D eigenvalue weighted by atomic mass is 9.96. The Morgan fingerprint density at radius 2 is 1.66 bits per heavy atom. The van der Waals surface area contributed by atoms with Crippen LogP contribution in [0.3, 0.4) is 0 Å². The van der Waals surface area contributed by atoms with E-state index in [1.54, 1.807) is 6.08 Å². The molecule has 230 valence electrons. The molecule has 9 heteroatoms. The molecule has 0 saturated carbocycles. The Labute approximate surface area is 268 Å². The van der Waals surface area contributed by atoms with Gasteiger partial charge in [0.2, 0.25) is 5.91 Å². The van der Waals surface area contributed by atoms with Gasteiger partial charge in [-0.1, -0.05) is 105 Å². The third-order valence-electron chi connectivity index (χ3n) is 7.33. The number of thioether (sulfide) groups is 1. The fourth-order valence-electron chi connectivity index (χ4n) is 5.18. The SMILES string of the molecule is CCCC(CCC)C(=O)N(Cc1cc(C=C2SC(=S)N(CC(=O)O)C2=O)ccc1OCCc1ccccc1)c1ccccc1. The highest BCUT2D eigenvalue weighted by Gasteiger charge is 2.33. The maximum Gasteiger partial charge on any atom is 0.323 e. The number of para-hydroxylation sites is 1. The Balaban J connectivity index is 1.69. The van der Waals surface area contributed by atoms with Crippen molar-refractivity contribution in [2.45, 2.75) is 52.5 Å². The van der Waals surface area contributed by atoms with Gasteiger partial charge in [0.1, 0.15) is 16.6 Å². The normalized spacial score (nSPS) is 14.0. The molecule has 1 aliphatic heterocycles. The number of carboxylic acids is 1. The molecule has 1 aliphatic rings. The van der Waals surface area contributed by atoms with Gasteiger partial charge in [-0.05, 0) is 54.3 Å². The molecule has 1 saturated heterocycles. The van der Waals surface area contributed by atoms with Gasteiger partial charge in [-0.25, -0.2) is 0 Å². The lowest BCUT2D eigenvalue weighted by Gasteiger charge is -2.28. The molecule has 0 radical (unpaired) electrons. The van der Waals surface area contributed by atoms with Crippen LogP contribution in [-0.2, 0) is 27.3 Å². The molecule has 7 nitrogen and oxygen atoms in total. The van der Waals surface area contributed by atoms with E-state index >= 15 is 0 Å². The minimum absolute atomic E-state index is 0.0788. The first-order valence-corrected chi connectivity index (χ1v) is 16.2. The molecule has 0 aliphatic carbocycles. The lowest BCUT2D eigenvalue weighted by Crippen LogP contribution is -2.36. The van der Waals surface area contributed by atoms with Gasteiger partial charge in [-0.2, -0.15) is 0 Å². The van der Waals surface area contributed by atoms with Crippen LogP contribution in [-0.4, -0.2) is 45.3 Å². The highest BCUT2D eigenvalue weighted by Crippen LogP contribution is 2.34. The average molecular weight is 631 g/mol. The highest BCUT2D eigenvalue weighted by atomic mass is 32.2. The number of carbonyl (C=O) groups is 3. The predicted molar refractivity (Wildman–Crippen MR) is 181 cm³/mol. The number of carbonyl (C=O) groups excluding carboxylic acids is 2. The zero-order chi connectivity index (χ0) is 31.5. The van der Waals surface area contributed by atoms with Crippen molar-refractivity contribution >= 4 is 57.8 Å². The monoisotopic (exact) mass is 630 g/mol. The van der Waals surface area contributed by atoms with Crippen molar-refractivity contribution in [2.24, 2.45) is 5.92 Å². The van der Waals surface area contributed by atoms with E-state index in [4.69, 9.17) is 17.0 Å². The van der Waals surface area contributed by atoms with Crippen molar-refractivity contribution < 1.29 is 24.2 Å². The zero-order valence-corrected chi connectivity index (χ0v) is 26.7. The molecule has 1 fully saturated rings. The average Bonchev–Trinajstić information content (AvgIpc) is 3.28. The Kier molecular flexibility index (Phi) is 12.1. The minimum Gasteiger partial charge on any atom is -0.493 e. The van der Waals surface area contributed by atoms with Crippen molar-refractivity contribution in [3.05, 3.63) is 100 Å². The molecule has 0 aromatic heterocycles. The summed E-state index contributed by atoms with van der Waals surface area (Å²) < 4.78 is 6.52. The number of ether oxygens (including phenoxy) is 1. The maximum atomic E-state index is 14.1. The molecule has 44 heavy (non-hydrogen) atoms. The second-order valence-corrected chi connectivity index (χ2v) is 12.3. The molecule has 3 aromatic rings. The van der Waals surface area contributed by atoms with Crippen LogP contribution < -0.4 is 9.64 Å². The van der Waals surface area contributed by atoms with Gasteiger partial charge >= 0.3 is 5.97 Å². The molecule has 0 atom stereocenters. The van der Waals surface area contributed by atoms with Gasteiger partial charge in [-0.3, -0.25) is 19.3 Å². The van der Waals surface area contributed by atoms with Crippen LogP contribution in [0.15, 0.2) is 83.8 Å². The number of nitrogens with zero attached hydrogens (tertiary/aromatic N) is 2. The molecular weight excluding hydrogens is 593 g/mol. The van der Waals surface area contributed by atoms with Crippen molar-refractivity contribution in [2.75, 3.05) is 18.1 Å². The summed E-state index contributed by atoms with van der Waals surface area (Å²) in [6, 6.07) is 25.4. The number of rotatable bonds is 15. The van der Waals surface area contributed by atoms with Crippen LogP contribution in [0.25, 0.3) is 6.08 Å². The Morgan fingerprint density at radius 3 is 2.30 bits per heavy atom. The fraction of sp³-hybridized carbons (Fsp3) is 0.314. The molecule has 1 heterocycles. The van der Waals surface area contributed by atoms with Crippen molar-refractivity contribution in [1.82, 2.24) is 4.90 Å². The van der Waals surface area contributed by atoms with Gasteiger partial charge in [0.05, 0.1) is 18.1 Å². The summed E-state index contributed by atoms with van der Waals surface area (Å²) >= 11 is 6.35. The fourth-order valence-corrected chi connectivity index (χ4v) is 6.44. The summed E-state index contributed by atoms with van der Waals surface area (Å²) in [5, 5.41) is 9.20. The first-order chi connectivity index (χ1) is 21.3. The lowest BCUT2D eigenvalue weighted by molar-refractivity contribution is -0.140. The number of amides is 2. The van der Waals surface area contributed by atoms with E-state index < -0.39 is 18.4 Å². The van der Waals surface area contributed by atoms with Crippen LogP contribution in [0.5, 0.6) is 5.75 Å². The topological polar surface area (TPSA) is 87.2 Å². The summed E-state index contributed by atoms with van der Waals surface area (Å²) in [5.74, 6) is -0.915. The van der Waals surface area contributed by atoms with Gasteiger partial charge in [0.25, 0.3) is 5.91 Å². The first-order valence-electron chi connectivity index (χ1n) is 14.9. The van der Waals surface area contributed by atoms with Crippen molar-refractivity contribution in [3.8, 4) is 5.75 Å². The quantitative estimate of drug-likeness (QED) is 0.139. The predicted octanol–water partition coefficient (Wildman–Crippen LogP) is 7.34. The molecular formula is C35H38N2O5S2. The molecule has 0 spiro atoms. The third kappa shape index (κ3) is 8.80. The van der Waals surface area contributed by atoms with Crippen molar-refractivity contribution in [1.29, 1.82) is 0 Å². The van der Waals surface area contributed by atoms with Crippen molar-refractivity contribution in [3.63, 3.8) is 0 Å². The van der Waals surface area contributed by atoms with E-state index in [9.17, 15) is 19.5 Å². The van der Waals surface area contributed by atoms with Crippen LogP contribution in [0.4, 0.5) is 5.69 Å². The second-order valence-electron chi connectivity index (χ2n) is 10.6. The minimum atomic E-state index is -1.13. The van der Waals surface area contributed by atoms with E-state index in [-0.39, 0.29) is 22.7 Å². The standard InChI is InChI=1S/C35H38N2O5S2/c1-3-11-27(12-4-2)33(40)36(29-15-9-6-10-16-29)23-28-21-26(22-31-34(41)37(24-32(38)39)35(43)44-31)17-18-30(28)42-20-19-25-13-7-5-8-14-25/h5-10,13-18,21-22,27H,3-4,11-12,19-20,23-24H2,1-2H3,(H,38,39). The zero-order valence-electron chi connectivity index (χ0n) is 25.1. The van der Waals surface area contributed by atoms with E-state index in [1.165, 1.54) is 0 Å². The number of hydrogen-bond acceptors (Lipinski definition) is 6. The number of aliphatic carboxylic acids is 1. The molecule has 0 bridgehead atoms. The number of thiocarbonyl (C=S) groups is 1. The Hall–Kier alpha value is -3.95. The van der Waals surface area contributed by atoms with Crippen LogP contribution in [0.1, 0.15) is 56.2 Å². The smallest absolute Gasteiger partial charge is 0.323 e. The van der Waals surface area contributed by atoms with E-state index in [1.807, 2.05) is 71.6 Å². The van der Waals surface area contributed by atoms with E-state index in [2.05, 4.69) is 26.0 Å². The largest absolute Gasteiger partial charge is 0.493 e. The van der Waals surface area contributed by atoms with E-state index in [0.717, 1.165) is 71.1 Å². The van der Waals surface area contributed by atoms with E-state index in [0.29, 0.717) is 17.3 Å². The Morgan fingerprint density at radius 1 is 1.00 bits per heavy atom. The highest BCUT2D eigenvalue weighted by molar-refractivity contribution is 8.26. The first kappa shape index (κ1) is 33.0. The maximum absolute atomic E-state index is 14.1. The summed E-state index contributed by atoms with van der Waals surface area (Å²) in [6.07, 6.45) is 5.91. The molecule has 2 amide bonds. The van der Waals surface area contributed by atoms with Gasteiger partial charge in [-0.15, -0.1) is 0 Å². The molecule has 4 rings (SSSR count). The van der Waals surface area contributed by atoms with Gasteiger partial charge in [0, 0.05) is 23.6 Å². The summed E-state index contributed by atoms with van der Waals surface area (Å²) in [6.45, 7) is 4.47. The summed E-state index contributed by atoms with van der Waals surface area (Å²) in [5.41, 5.74) is 3.50. The number of anilines is 1. The summed E-state index contributed by atoms with van der Waals surface area (Å²) in [7, 11) is 0. The number of carboxylic acid groups (broad SMARTS) is 1. The number of hydrogen-bond donors (Lipinski definition) is 1. The molecule has 0 unspecified atom stereocenters. The molecule has 3 aromatic carbocycles. The Bertz CT molecular complexity index is 1490. The van der Waals surface area contributed by atoms with Crippen LogP contribution in [0, 0.1) is 5.92 Å². The summed E-state index contributed by atoms with van der Waals surface area (Å²) in [4.78, 5) is 41.5. The van der Waals surface area contributed by atoms with Crippen LogP contribution in [0.2, 0.25) is 0 Å². The number of benzene rings is 3. The van der Waals surface area contributed by atoms with Crippen LogP contribution >= 0.6 is 24.0 Å². The van der Waals surface area contributed by atoms with Gasteiger partial charge in [0.15, 0.2) is 0 Å². The third-order valence-corrected chi connectivity index (χ3v) is 8.70. The van der Waals surface area contributed by atoms with Gasteiger partial charge < -0.3 is 14.7 Å².